The lowest BCUT2D eigenvalue weighted by Gasteiger charge is -2.31. The molecular formula is C13H20N4. The van der Waals surface area contributed by atoms with Crippen LogP contribution < -0.4 is 5.32 Å². The molecule has 0 aliphatic carbocycles. The Labute approximate surface area is 102 Å². The molecule has 0 saturated heterocycles. The number of hydrogen-bond donors (Lipinski definition) is 2. The zero-order chi connectivity index (χ0) is 12.5. The summed E-state index contributed by atoms with van der Waals surface area (Å²) in [4.78, 5) is 11.6. The second-order valence-electron chi connectivity index (χ2n) is 5.17. The summed E-state index contributed by atoms with van der Waals surface area (Å²) < 4.78 is 0. The van der Waals surface area contributed by atoms with Gasteiger partial charge >= 0.3 is 0 Å². The molecule has 17 heavy (non-hydrogen) atoms. The van der Waals surface area contributed by atoms with Gasteiger partial charge in [-0.05, 0) is 24.8 Å². The molecule has 2 rings (SSSR count). The maximum atomic E-state index is 4.32. The number of aromatic amines is 1. The van der Waals surface area contributed by atoms with Crippen LogP contribution in [0.1, 0.15) is 34.1 Å². The van der Waals surface area contributed by atoms with Crippen LogP contribution in [0.15, 0.2) is 18.6 Å². The Morgan fingerprint density at radius 3 is 2.88 bits per heavy atom. The van der Waals surface area contributed by atoms with E-state index in [-0.39, 0.29) is 5.41 Å². The van der Waals surface area contributed by atoms with Gasteiger partial charge in [0.05, 0.1) is 5.39 Å². The van der Waals surface area contributed by atoms with E-state index < -0.39 is 0 Å². The third-order valence-corrected chi connectivity index (χ3v) is 3.79. The maximum absolute atomic E-state index is 4.32. The van der Waals surface area contributed by atoms with Crippen LogP contribution in [0.3, 0.4) is 0 Å². The number of hydrogen-bond acceptors (Lipinski definition) is 3. The summed E-state index contributed by atoms with van der Waals surface area (Å²) in [6.45, 7) is 8.94. The van der Waals surface area contributed by atoms with Crippen molar-refractivity contribution in [1.29, 1.82) is 0 Å². The van der Waals surface area contributed by atoms with Crippen LogP contribution in [-0.4, -0.2) is 21.0 Å². The lowest BCUT2D eigenvalue weighted by atomic mass is 9.83. The Hall–Kier alpha value is -1.58. The molecule has 0 spiro atoms. The van der Waals surface area contributed by atoms with Crippen LogP contribution in [0.2, 0.25) is 0 Å². The summed E-state index contributed by atoms with van der Waals surface area (Å²) in [5.74, 6) is 0.908. The summed E-state index contributed by atoms with van der Waals surface area (Å²) in [5.41, 5.74) is 1.12. The molecule has 2 aromatic rings. The molecule has 0 radical (unpaired) electrons. The average Bonchev–Trinajstić information content (AvgIpc) is 2.78. The van der Waals surface area contributed by atoms with Crippen molar-refractivity contribution >= 4 is 16.9 Å². The average molecular weight is 232 g/mol. The summed E-state index contributed by atoms with van der Waals surface area (Å²) in [5, 5.41) is 4.54. The molecule has 4 heteroatoms. The van der Waals surface area contributed by atoms with Crippen LogP contribution in [0, 0.1) is 5.41 Å². The highest BCUT2D eigenvalue weighted by molar-refractivity contribution is 5.86. The molecule has 0 aliphatic heterocycles. The molecule has 1 atom stereocenters. The van der Waals surface area contributed by atoms with Crippen molar-refractivity contribution in [2.75, 3.05) is 5.32 Å². The minimum absolute atomic E-state index is 0.244. The van der Waals surface area contributed by atoms with Crippen LogP contribution in [0.5, 0.6) is 0 Å². The quantitative estimate of drug-likeness (QED) is 0.851. The number of anilines is 1. The summed E-state index contributed by atoms with van der Waals surface area (Å²) >= 11 is 0. The van der Waals surface area contributed by atoms with E-state index in [9.17, 15) is 0 Å². The first-order valence-electron chi connectivity index (χ1n) is 6.09. The number of fused-ring (bicyclic) bond motifs is 1. The number of aromatic nitrogens is 3. The lowest BCUT2D eigenvalue weighted by molar-refractivity contribution is 0.306. The first kappa shape index (κ1) is 11.9. The third-order valence-electron chi connectivity index (χ3n) is 3.79. The van der Waals surface area contributed by atoms with Gasteiger partial charge in [0.1, 0.15) is 17.8 Å². The molecule has 0 unspecified atom stereocenters. The van der Waals surface area contributed by atoms with Crippen LogP contribution in [0.4, 0.5) is 5.82 Å². The predicted molar refractivity (Wildman–Crippen MR) is 71.0 cm³/mol. The molecule has 2 aromatic heterocycles. The molecule has 2 heterocycles. The zero-order valence-corrected chi connectivity index (χ0v) is 10.9. The van der Waals surface area contributed by atoms with Gasteiger partial charge in [-0.2, -0.15) is 0 Å². The van der Waals surface area contributed by atoms with Crippen molar-refractivity contribution in [3.63, 3.8) is 0 Å². The van der Waals surface area contributed by atoms with Crippen molar-refractivity contribution in [2.24, 2.45) is 5.41 Å². The van der Waals surface area contributed by atoms with Crippen molar-refractivity contribution in [3.8, 4) is 0 Å². The van der Waals surface area contributed by atoms with E-state index in [1.54, 1.807) is 6.33 Å². The fourth-order valence-corrected chi connectivity index (χ4v) is 1.69. The van der Waals surface area contributed by atoms with Gasteiger partial charge in [-0.25, -0.2) is 9.97 Å². The standard InChI is InChI=1S/C13H20N4/c1-5-13(3,4)9(2)17-12-10-6-7-14-11(10)15-8-16-12/h6-9H,5H2,1-4H3,(H2,14,15,16,17)/t9-/m1/s1. The van der Waals surface area contributed by atoms with Gasteiger partial charge in [0, 0.05) is 12.2 Å². The van der Waals surface area contributed by atoms with Crippen molar-refractivity contribution < 1.29 is 0 Å². The smallest absolute Gasteiger partial charge is 0.142 e. The minimum Gasteiger partial charge on any atom is -0.366 e. The third kappa shape index (κ3) is 2.25. The molecule has 0 bridgehead atoms. The second-order valence-corrected chi connectivity index (χ2v) is 5.17. The summed E-state index contributed by atoms with van der Waals surface area (Å²) in [7, 11) is 0. The van der Waals surface area contributed by atoms with Crippen LogP contribution in [0.25, 0.3) is 11.0 Å². The Bertz CT molecular complexity index is 501. The van der Waals surface area contributed by atoms with Crippen molar-refractivity contribution in [2.45, 2.75) is 40.2 Å². The topological polar surface area (TPSA) is 53.6 Å². The summed E-state index contributed by atoms with van der Waals surface area (Å²) in [6, 6.07) is 2.36. The first-order chi connectivity index (χ1) is 8.04. The molecular weight excluding hydrogens is 212 g/mol. The molecule has 92 valence electrons. The Morgan fingerprint density at radius 1 is 1.41 bits per heavy atom. The largest absolute Gasteiger partial charge is 0.366 e. The van der Waals surface area contributed by atoms with E-state index in [1.807, 2.05) is 12.3 Å². The fourth-order valence-electron chi connectivity index (χ4n) is 1.69. The van der Waals surface area contributed by atoms with E-state index in [2.05, 4.69) is 48.0 Å². The number of H-pyrrole nitrogens is 1. The van der Waals surface area contributed by atoms with Crippen molar-refractivity contribution in [3.05, 3.63) is 18.6 Å². The fraction of sp³-hybridized carbons (Fsp3) is 0.538. The van der Waals surface area contributed by atoms with Gasteiger partial charge in [-0.15, -0.1) is 0 Å². The second kappa shape index (κ2) is 4.35. The van der Waals surface area contributed by atoms with Gasteiger partial charge < -0.3 is 10.3 Å². The number of nitrogens with one attached hydrogen (secondary N) is 2. The summed E-state index contributed by atoms with van der Waals surface area (Å²) in [6.07, 6.45) is 4.61. The SMILES string of the molecule is CCC(C)(C)[C@@H](C)Nc1ncnc2[nH]ccc12. The highest BCUT2D eigenvalue weighted by atomic mass is 15.1. The van der Waals surface area contributed by atoms with E-state index >= 15 is 0 Å². The Kier molecular flexibility index (Phi) is 3.05. The molecule has 2 N–H and O–H groups in total. The van der Waals surface area contributed by atoms with E-state index in [4.69, 9.17) is 0 Å². The van der Waals surface area contributed by atoms with Gasteiger partial charge in [-0.1, -0.05) is 20.8 Å². The normalized spacial score (nSPS) is 13.9. The van der Waals surface area contributed by atoms with Gasteiger partial charge in [0.25, 0.3) is 0 Å². The number of rotatable bonds is 4. The highest BCUT2D eigenvalue weighted by Crippen LogP contribution is 2.28. The van der Waals surface area contributed by atoms with E-state index in [1.165, 1.54) is 0 Å². The highest BCUT2D eigenvalue weighted by Gasteiger charge is 2.24. The predicted octanol–water partition coefficient (Wildman–Crippen LogP) is 3.19. The van der Waals surface area contributed by atoms with Crippen LogP contribution >= 0.6 is 0 Å². The van der Waals surface area contributed by atoms with Crippen molar-refractivity contribution in [1.82, 2.24) is 15.0 Å². The minimum atomic E-state index is 0.244. The van der Waals surface area contributed by atoms with E-state index in [0.29, 0.717) is 6.04 Å². The van der Waals surface area contributed by atoms with Gasteiger partial charge in [0.15, 0.2) is 0 Å². The zero-order valence-electron chi connectivity index (χ0n) is 10.9. The molecule has 0 amide bonds. The van der Waals surface area contributed by atoms with E-state index in [0.717, 1.165) is 23.3 Å². The first-order valence-corrected chi connectivity index (χ1v) is 6.09. The number of nitrogens with zero attached hydrogens (tertiary/aromatic N) is 2. The lowest BCUT2D eigenvalue weighted by Crippen LogP contribution is -2.33. The Morgan fingerprint density at radius 2 is 2.18 bits per heavy atom. The van der Waals surface area contributed by atoms with Gasteiger partial charge in [-0.3, -0.25) is 0 Å². The molecule has 4 nitrogen and oxygen atoms in total. The van der Waals surface area contributed by atoms with Crippen LogP contribution in [-0.2, 0) is 0 Å². The monoisotopic (exact) mass is 232 g/mol. The molecule has 0 saturated carbocycles. The molecule has 0 fully saturated rings. The Balaban J connectivity index is 2.27. The molecule has 0 aliphatic rings. The van der Waals surface area contributed by atoms with Gasteiger partial charge in [0.2, 0.25) is 0 Å². The maximum Gasteiger partial charge on any atom is 0.142 e. The molecule has 0 aromatic carbocycles.